The van der Waals surface area contributed by atoms with Crippen LogP contribution in [0.3, 0.4) is 0 Å². The Bertz CT molecular complexity index is 1650. The average Bonchev–Trinajstić information content (AvgIpc) is 3.55. The zero-order chi connectivity index (χ0) is 23.2. The van der Waals surface area contributed by atoms with Crippen molar-refractivity contribution in [3.63, 3.8) is 0 Å². The molecule has 35 heavy (non-hydrogen) atoms. The molecule has 3 aromatic carbocycles. The van der Waals surface area contributed by atoms with Gasteiger partial charge in [-0.3, -0.25) is 9.97 Å². The molecule has 5 aromatic rings. The van der Waals surface area contributed by atoms with E-state index in [1.54, 1.807) is 5.56 Å². The van der Waals surface area contributed by atoms with Crippen LogP contribution in [0.5, 0.6) is 0 Å². The minimum atomic E-state index is -0.145. The minimum Gasteiger partial charge on any atom is -0.321 e. The predicted molar refractivity (Wildman–Crippen MR) is 140 cm³/mol. The molecule has 4 heteroatoms. The molecule has 0 amide bonds. The van der Waals surface area contributed by atoms with Crippen LogP contribution in [0.15, 0.2) is 55.1 Å². The number of hydrogen-bond donors (Lipinski definition) is 0. The number of rotatable bonds is 2. The van der Waals surface area contributed by atoms with Gasteiger partial charge >= 0.3 is 0 Å². The number of benzene rings is 3. The Kier molecular flexibility index (Phi) is 5.08. The number of imidazole rings is 1. The van der Waals surface area contributed by atoms with E-state index in [4.69, 9.17) is 9.97 Å². The normalized spacial score (nSPS) is 18.8. The fraction of sp³-hybridized carbons (Fsp3) is 0.290. The first-order valence-corrected chi connectivity index (χ1v) is 12.4. The van der Waals surface area contributed by atoms with Crippen LogP contribution in [0.1, 0.15) is 74.4 Å². The van der Waals surface area contributed by atoms with Crippen LogP contribution >= 0.6 is 0 Å². The third kappa shape index (κ3) is 3.27. The zero-order valence-corrected chi connectivity index (χ0v) is 22.7. The maximum Gasteiger partial charge on any atom is 0.102 e. The van der Waals surface area contributed by atoms with E-state index in [9.17, 15) is 0 Å². The first-order valence-electron chi connectivity index (χ1n) is 12.4. The third-order valence-electron chi connectivity index (χ3n) is 7.90. The molecule has 2 aliphatic carbocycles. The van der Waals surface area contributed by atoms with Crippen molar-refractivity contribution in [3.05, 3.63) is 83.7 Å². The summed E-state index contributed by atoms with van der Waals surface area (Å²) in [7, 11) is 0. The fourth-order valence-electron chi connectivity index (χ4n) is 6.29. The van der Waals surface area contributed by atoms with Crippen molar-refractivity contribution in [2.24, 2.45) is 0 Å². The van der Waals surface area contributed by atoms with E-state index >= 15 is 0 Å². The first kappa shape index (κ1) is 22.6. The molecule has 2 heterocycles. The molecule has 7 rings (SSSR count). The molecule has 3 nitrogen and oxygen atoms in total. The van der Waals surface area contributed by atoms with Crippen LogP contribution in [0.2, 0.25) is 0 Å². The molecule has 1 fully saturated rings. The van der Waals surface area contributed by atoms with Crippen molar-refractivity contribution in [1.82, 2.24) is 14.4 Å². The Morgan fingerprint density at radius 1 is 1.03 bits per heavy atom. The SMILES string of the molecule is C=Cc1cccc(-c2cc[c-]c3c2nc(C(C)(C)C)n2c4cc5c(cc4nc32)C2CCC5C2)c1.[Ir]. The minimum absolute atomic E-state index is 0. The van der Waals surface area contributed by atoms with Gasteiger partial charge in [0.15, 0.2) is 0 Å². The molecule has 0 aliphatic heterocycles. The molecule has 2 atom stereocenters. The van der Waals surface area contributed by atoms with Crippen LogP contribution in [0.4, 0.5) is 0 Å². The van der Waals surface area contributed by atoms with Gasteiger partial charge in [0, 0.05) is 25.5 Å². The van der Waals surface area contributed by atoms with Gasteiger partial charge in [-0.2, -0.15) is 0 Å². The zero-order valence-electron chi connectivity index (χ0n) is 20.4. The van der Waals surface area contributed by atoms with Crippen molar-refractivity contribution >= 4 is 33.7 Å². The Morgan fingerprint density at radius 2 is 1.80 bits per heavy atom. The largest absolute Gasteiger partial charge is 0.321 e. The molecule has 1 saturated carbocycles. The number of hydrogen-bond acceptors (Lipinski definition) is 2. The molecule has 2 aliphatic rings. The van der Waals surface area contributed by atoms with Crippen molar-refractivity contribution < 1.29 is 20.1 Å². The molecule has 2 aromatic heterocycles. The van der Waals surface area contributed by atoms with E-state index < -0.39 is 0 Å². The second-order valence-corrected chi connectivity index (χ2v) is 11.1. The van der Waals surface area contributed by atoms with Crippen LogP contribution in [-0.4, -0.2) is 14.4 Å². The smallest absolute Gasteiger partial charge is 0.102 e. The van der Waals surface area contributed by atoms with Crippen LogP contribution in [0.25, 0.3) is 44.8 Å². The molecule has 0 spiro atoms. The van der Waals surface area contributed by atoms with Gasteiger partial charge in [0.2, 0.25) is 0 Å². The number of aromatic nitrogens is 3. The first-order chi connectivity index (χ1) is 16.4. The standard InChI is InChI=1S/C31H28N3.Ir/c1-5-18-8-6-9-19(14-18)22-10-7-11-23-28(22)33-30(31(2,3)4)34-27-17-25-21-13-12-20(15-21)24(25)16-26(27)32-29(23)34;/h5-10,14,16-17,20-21H,1,12-13,15H2,2-4H3;/q-1;. The Hall–Kier alpha value is -2.81. The summed E-state index contributed by atoms with van der Waals surface area (Å²) in [6.07, 6.45) is 5.86. The number of nitrogens with zero attached hydrogens (tertiary/aromatic N) is 3. The van der Waals surface area contributed by atoms with Crippen molar-refractivity contribution in [2.75, 3.05) is 0 Å². The van der Waals surface area contributed by atoms with E-state index in [0.29, 0.717) is 0 Å². The quantitative estimate of drug-likeness (QED) is 0.186. The summed E-state index contributed by atoms with van der Waals surface area (Å²) in [5.41, 5.74) is 10.5. The average molecular weight is 635 g/mol. The number of fused-ring (bicyclic) bond motifs is 10. The topological polar surface area (TPSA) is 30.2 Å². The molecule has 0 saturated heterocycles. The summed E-state index contributed by atoms with van der Waals surface area (Å²) in [4.78, 5) is 10.6. The van der Waals surface area contributed by atoms with Crippen LogP contribution in [0, 0.1) is 6.07 Å². The Morgan fingerprint density at radius 3 is 2.54 bits per heavy atom. The van der Waals surface area contributed by atoms with Gasteiger partial charge < -0.3 is 4.40 Å². The summed E-state index contributed by atoms with van der Waals surface area (Å²) in [6, 6.07) is 20.9. The van der Waals surface area contributed by atoms with Gasteiger partial charge in [-0.1, -0.05) is 62.6 Å². The van der Waals surface area contributed by atoms with Gasteiger partial charge in [0.1, 0.15) is 5.82 Å². The molecule has 0 N–H and O–H groups in total. The van der Waals surface area contributed by atoms with Gasteiger partial charge in [0.05, 0.1) is 16.7 Å². The van der Waals surface area contributed by atoms with Crippen molar-refractivity contribution in [3.8, 4) is 11.1 Å². The summed E-state index contributed by atoms with van der Waals surface area (Å²) in [5.74, 6) is 2.49. The van der Waals surface area contributed by atoms with E-state index in [1.807, 2.05) is 12.1 Å². The molecule has 2 bridgehead atoms. The fourth-order valence-corrected chi connectivity index (χ4v) is 6.29. The van der Waals surface area contributed by atoms with Crippen LogP contribution < -0.4 is 0 Å². The van der Waals surface area contributed by atoms with E-state index in [-0.39, 0.29) is 25.5 Å². The summed E-state index contributed by atoms with van der Waals surface area (Å²) < 4.78 is 2.31. The summed E-state index contributed by atoms with van der Waals surface area (Å²) in [6.45, 7) is 10.7. The summed E-state index contributed by atoms with van der Waals surface area (Å²) in [5, 5.41) is 0.980. The van der Waals surface area contributed by atoms with Gasteiger partial charge in [-0.15, -0.1) is 18.2 Å². The van der Waals surface area contributed by atoms with Crippen LogP contribution in [-0.2, 0) is 25.5 Å². The third-order valence-corrected chi connectivity index (χ3v) is 7.90. The predicted octanol–water partition coefficient (Wildman–Crippen LogP) is 7.81. The second kappa shape index (κ2) is 7.85. The van der Waals surface area contributed by atoms with Crippen molar-refractivity contribution in [2.45, 2.75) is 57.3 Å². The second-order valence-electron chi connectivity index (χ2n) is 11.1. The molecular formula is C31H28IrN3-. The Labute approximate surface area is 219 Å². The van der Waals surface area contributed by atoms with Crippen molar-refractivity contribution in [1.29, 1.82) is 0 Å². The van der Waals surface area contributed by atoms with Gasteiger partial charge in [-0.05, 0) is 77.1 Å². The van der Waals surface area contributed by atoms with E-state index in [1.165, 1.54) is 30.3 Å². The monoisotopic (exact) mass is 635 g/mol. The van der Waals surface area contributed by atoms with Gasteiger partial charge in [0.25, 0.3) is 0 Å². The summed E-state index contributed by atoms with van der Waals surface area (Å²) >= 11 is 0. The van der Waals surface area contributed by atoms with E-state index in [0.717, 1.165) is 56.4 Å². The maximum absolute atomic E-state index is 5.34. The molecule has 2 unspecified atom stereocenters. The molecule has 1 radical (unpaired) electrons. The molecule has 177 valence electrons. The van der Waals surface area contributed by atoms with E-state index in [2.05, 4.69) is 80.3 Å². The molecular weight excluding hydrogens is 607 g/mol. The van der Waals surface area contributed by atoms with Gasteiger partial charge in [-0.25, -0.2) is 0 Å². The maximum atomic E-state index is 5.34. The Balaban J connectivity index is 0.00000229.